The molecule has 0 aromatic heterocycles. The van der Waals surface area contributed by atoms with E-state index in [9.17, 15) is 0 Å². The molecule has 0 aromatic carbocycles. The molecule has 1 heterocycles. The summed E-state index contributed by atoms with van der Waals surface area (Å²) in [6.45, 7) is 5.91. The van der Waals surface area contributed by atoms with Crippen molar-refractivity contribution in [2.75, 3.05) is 39.4 Å². The second-order valence-corrected chi connectivity index (χ2v) is 4.68. The highest BCUT2D eigenvalue weighted by Gasteiger charge is 2.26. The largest absolute Gasteiger partial charge is 0.379 e. The second-order valence-electron chi connectivity index (χ2n) is 4.68. The quantitative estimate of drug-likeness (QED) is 0.758. The number of hydrogen-bond acceptors (Lipinski definition) is 4. The molecule has 1 saturated heterocycles. The molecular weight excluding hydrogens is 202 g/mol. The van der Waals surface area contributed by atoms with Crippen molar-refractivity contribution in [1.82, 2.24) is 10.2 Å². The molecule has 1 aliphatic heterocycles. The Bertz CT molecular complexity index is 245. The van der Waals surface area contributed by atoms with E-state index in [4.69, 9.17) is 10.00 Å². The van der Waals surface area contributed by atoms with Crippen LogP contribution in [0.4, 0.5) is 0 Å². The first-order valence-corrected chi connectivity index (χ1v) is 6.33. The Morgan fingerprint density at radius 2 is 2.12 bits per heavy atom. The van der Waals surface area contributed by atoms with Gasteiger partial charge in [0.05, 0.1) is 25.2 Å². The van der Waals surface area contributed by atoms with E-state index < -0.39 is 0 Å². The van der Waals surface area contributed by atoms with E-state index in [0.29, 0.717) is 6.04 Å². The first-order chi connectivity index (χ1) is 7.90. The van der Waals surface area contributed by atoms with Gasteiger partial charge >= 0.3 is 0 Å². The number of rotatable bonds is 4. The van der Waals surface area contributed by atoms with Crippen molar-refractivity contribution in [2.45, 2.75) is 25.3 Å². The van der Waals surface area contributed by atoms with Crippen LogP contribution in [-0.2, 0) is 4.74 Å². The van der Waals surface area contributed by atoms with Crippen molar-refractivity contribution in [3.05, 3.63) is 0 Å². The van der Waals surface area contributed by atoms with Crippen LogP contribution >= 0.6 is 0 Å². The van der Waals surface area contributed by atoms with Gasteiger partial charge in [-0.05, 0) is 12.8 Å². The SMILES string of the molecule is N#CC1CCCC1NCCN1CCOCC1. The molecule has 4 heteroatoms. The molecule has 2 aliphatic rings. The maximum atomic E-state index is 8.97. The molecular formula is C12H21N3O. The van der Waals surface area contributed by atoms with Crippen LogP contribution in [0.1, 0.15) is 19.3 Å². The van der Waals surface area contributed by atoms with Crippen LogP contribution in [0.25, 0.3) is 0 Å². The van der Waals surface area contributed by atoms with Crippen molar-refractivity contribution < 1.29 is 4.74 Å². The Morgan fingerprint density at radius 3 is 2.88 bits per heavy atom. The van der Waals surface area contributed by atoms with Crippen LogP contribution in [0.15, 0.2) is 0 Å². The fraction of sp³-hybridized carbons (Fsp3) is 0.917. The summed E-state index contributed by atoms with van der Waals surface area (Å²) in [5.41, 5.74) is 0. The van der Waals surface area contributed by atoms with E-state index in [-0.39, 0.29) is 5.92 Å². The zero-order chi connectivity index (χ0) is 11.2. The highest BCUT2D eigenvalue weighted by atomic mass is 16.5. The van der Waals surface area contributed by atoms with Crippen molar-refractivity contribution in [3.8, 4) is 6.07 Å². The van der Waals surface area contributed by atoms with E-state index in [1.165, 1.54) is 12.8 Å². The molecule has 1 saturated carbocycles. The highest BCUT2D eigenvalue weighted by molar-refractivity contribution is 4.96. The van der Waals surface area contributed by atoms with Crippen LogP contribution in [0.2, 0.25) is 0 Å². The van der Waals surface area contributed by atoms with Gasteiger partial charge in [-0.2, -0.15) is 5.26 Å². The van der Waals surface area contributed by atoms with E-state index in [2.05, 4.69) is 16.3 Å². The Labute approximate surface area is 97.6 Å². The van der Waals surface area contributed by atoms with Gasteiger partial charge in [-0.25, -0.2) is 0 Å². The minimum atomic E-state index is 0.240. The minimum Gasteiger partial charge on any atom is -0.379 e. The van der Waals surface area contributed by atoms with Gasteiger partial charge < -0.3 is 10.1 Å². The molecule has 2 unspecified atom stereocenters. The molecule has 0 spiro atoms. The van der Waals surface area contributed by atoms with E-state index in [1.54, 1.807) is 0 Å². The average Bonchev–Trinajstić information content (AvgIpc) is 2.78. The molecule has 0 bridgehead atoms. The van der Waals surface area contributed by atoms with E-state index in [0.717, 1.165) is 45.8 Å². The maximum Gasteiger partial charge on any atom is 0.0672 e. The molecule has 16 heavy (non-hydrogen) atoms. The number of nitrogens with zero attached hydrogens (tertiary/aromatic N) is 2. The predicted molar refractivity (Wildman–Crippen MR) is 62.0 cm³/mol. The second kappa shape index (κ2) is 6.19. The van der Waals surface area contributed by atoms with Crippen LogP contribution < -0.4 is 5.32 Å². The smallest absolute Gasteiger partial charge is 0.0672 e. The standard InChI is InChI=1S/C12H21N3O/c13-10-11-2-1-3-12(11)14-4-5-15-6-8-16-9-7-15/h11-12,14H,1-9H2. The lowest BCUT2D eigenvalue weighted by atomic mass is 10.1. The average molecular weight is 223 g/mol. The fourth-order valence-corrected chi connectivity index (χ4v) is 2.59. The van der Waals surface area contributed by atoms with E-state index >= 15 is 0 Å². The monoisotopic (exact) mass is 223 g/mol. The van der Waals surface area contributed by atoms with Gasteiger partial charge in [0.2, 0.25) is 0 Å². The number of nitriles is 1. The molecule has 0 amide bonds. The molecule has 0 aromatic rings. The molecule has 2 rings (SSSR count). The van der Waals surface area contributed by atoms with Crippen molar-refractivity contribution in [3.63, 3.8) is 0 Å². The predicted octanol–water partition coefficient (Wildman–Crippen LogP) is 0.600. The number of nitrogens with one attached hydrogen (secondary N) is 1. The van der Waals surface area contributed by atoms with Crippen LogP contribution in [0.3, 0.4) is 0 Å². The molecule has 1 N–H and O–H groups in total. The third kappa shape index (κ3) is 3.18. The van der Waals surface area contributed by atoms with Crippen LogP contribution in [0.5, 0.6) is 0 Å². The molecule has 4 nitrogen and oxygen atoms in total. The summed E-state index contributed by atoms with van der Waals surface area (Å²) >= 11 is 0. The Balaban J connectivity index is 1.62. The number of morpholine rings is 1. The van der Waals surface area contributed by atoms with Gasteiger partial charge in [0.1, 0.15) is 0 Å². The normalized spacial score (nSPS) is 31.4. The van der Waals surface area contributed by atoms with E-state index in [1.807, 2.05) is 0 Å². The lowest BCUT2D eigenvalue weighted by Gasteiger charge is -2.27. The highest BCUT2D eigenvalue weighted by Crippen LogP contribution is 2.24. The van der Waals surface area contributed by atoms with Gasteiger partial charge in [-0.1, -0.05) is 6.42 Å². The summed E-state index contributed by atoms with van der Waals surface area (Å²) < 4.78 is 5.31. The summed E-state index contributed by atoms with van der Waals surface area (Å²) in [5, 5.41) is 12.5. The first kappa shape index (κ1) is 11.8. The van der Waals surface area contributed by atoms with Gasteiger partial charge in [-0.15, -0.1) is 0 Å². The van der Waals surface area contributed by atoms with Gasteiger partial charge in [0, 0.05) is 32.2 Å². The van der Waals surface area contributed by atoms with Gasteiger partial charge in [-0.3, -0.25) is 4.90 Å². The lowest BCUT2D eigenvalue weighted by Crippen LogP contribution is -2.42. The molecule has 90 valence electrons. The zero-order valence-electron chi connectivity index (χ0n) is 9.82. The summed E-state index contributed by atoms with van der Waals surface area (Å²) in [4.78, 5) is 2.42. The summed E-state index contributed by atoms with van der Waals surface area (Å²) in [6, 6.07) is 2.84. The van der Waals surface area contributed by atoms with Gasteiger partial charge in [0.15, 0.2) is 0 Å². The Kier molecular flexibility index (Phi) is 4.58. The maximum absolute atomic E-state index is 8.97. The minimum absolute atomic E-state index is 0.240. The Morgan fingerprint density at radius 1 is 1.31 bits per heavy atom. The van der Waals surface area contributed by atoms with Crippen molar-refractivity contribution in [1.29, 1.82) is 5.26 Å². The number of ether oxygens (including phenoxy) is 1. The summed E-state index contributed by atoms with van der Waals surface area (Å²) in [5.74, 6) is 0.240. The van der Waals surface area contributed by atoms with Crippen LogP contribution in [0, 0.1) is 17.2 Å². The zero-order valence-corrected chi connectivity index (χ0v) is 9.82. The van der Waals surface area contributed by atoms with Crippen molar-refractivity contribution >= 4 is 0 Å². The molecule has 2 atom stereocenters. The summed E-state index contributed by atoms with van der Waals surface area (Å²) in [7, 11) is 0. The first-order valence-electron chi connectivity index (χ1n) is 6.33. The molecule has 0 radical (unpaired) electrons. The third-order valence-electron chi connectivity index (χ3n) is 3.62. The number of hydrogen-bond donors (Lipinski definition) is 1. The third-order valence-corrected chi connectivity index (χ3v) is 3.62. The van der Waals surface area contributed by atoms with Crippen LogP contribution in [-0.4, -0.2) is 50.3 Å². The summed E-state index contributed by atoms with van der Waals surface area (Å²) in [6.07, 6.45) is 3.44. The fourth-order valence-electron chi connectivity index (χ4n) is 2.59. The molecule has 1 aliphatic carbocycles. The van der Waals surface area contributed by atoms with Gasteiger partial charge in [0.25, 0.3) is 0 Å². The Hall–Kier alpha value is -0.630. The molecule has 2 fully saturated rings. The lowest BCUT2D eigenvalue weighted by molar-refractivity contribution is 0.0380. The van der Waals surface area contributed by atoms with Crippen molar-refractivity contribution in [2.24, 2.45) is 5.92 Å². The topological polar surface area (TPSA) is 48.3 Å².